The van der Waals surface area contributed by atoms with Crippen molar-refractivity contribution >= 4 is 34.4 Å². The number of ether oxygens (including phenoxy) is 1. The highest BCUT2D eigenvalue weighted by Crippen LogP contribution is 2.47. The van der Waals surface area contributed by atoms with Crippen molar-refractivity contribution in [1.29, 1.82) is 0 Å². The smallest absolute Gasteiger partial charge is 0.213 e. The van der Waals surface area contributed by atoms with Crippen molar-refractivity contribution in [3.8, 4) is 5.75 Å². The summed E-state index contributed by atoms with van der Waals surface area (Å²) in [6, 6.07) is 19.5. The van der Waals surface area contributed by atoms with Crippen LogP contribution < -0.4 is 14.2 Å². The van der Waals surface area contributed by atoms with E-state index in [2.05, 4.69) is 110 Å². The van der Waals surface area contributed by atoms with Crippen LogP contribution in [-0.4, -0.2) is 13.7 Å². The summed E-state index contributed by atoms with van der Waals surface area (Å²) >= 11 is 1.89. The van der Waals surface area contributed by atoms with E-state index in [1.54, 1.807) is 7.11 Å². The molecule has 0 fully saturated rings. The fraction of sp³-hybridized carbons (Fsp3) is 0.323. The molecule has 180 valence electrons. The number of benzene rings is 2. The fourth-order valence-electron chi connectivity index (χ4n) is 5.45. The molecule has 0 bridgehead atoms. The SMILES string of the molecule is CCN1/C(=C\C2=CC(=C/c3ccc4cc(OC)ccc4[n+]3CC)/CC(C)(C)C2)Sc2ccccc21. The summed E-state index contributed by atoms with van der Waals surface area (Å²) in [5.41, 5.74) is 6.85. The third kappa shape index (κ3) is 4.77. The second kappa shape index (κ2) is 9.58. The van der Waals surface area contributed by atoms with Gasteiger partial charge in [0.1, 0.15) is 12.3 Å². The number of para-hydroxylation sites is 1. The number of thioether (sulfide) groups is 1. The maximum atomic E-state index is 5.43. The number of aromatic nitrogens is 1. The zero-order valence-electron chi connectivity index (χ0n) is 21.5. The summed E-state index contributed by atoms with van der Waals surface area (Å²) in [4.78, 5) is 3.79. The number of fused-ring (bicyclic) bond motifs is 2. The maximum Gasteiger partial charge on any atom is 0.213 e. The number of nitrogens with zero attached hydrogens (tertiary/aromatic N) is 2. The first-order valence-electron chi connectivity index (χ1n) is 12.6. The molecule has 0 saturated carbocycles. The van der Waals surface area contributed by atoms with Crippen LogP contribution in [0.5, 0.6) is 5.75 Å². The highest BCUT2D eigenvalue weighted by atomic mass is 32.2. The van der Waals surface area contributed by atoms with Gasteiger partial charge in [0.05, 0.1) is 23.2 Å². The van der Waals surface area contributed by atoms with E-state index < -0.39 is 0 Å². The van der Waals surface area contributed by atoms with Gasteiger partial charge in [0.25, 0.3) is 0 Å². The highest BCUT2D eigenvalue weighted by molar-refractivity contribution is 8.03. The number of anilines is 1. The van der Waals surface area contributed by atoms with Gasteiger partial charge >= 0.3 is 0 Å². The Balaban J connectivity index is 1.53. The molecule has 4 heteroatoms. The Morgan fingerprint density at radius 2 is 1.86 bits per heavy atom. The van der Waals surface area contributed by atoms with Crippen molar-refractivity contribution in [2.45, 2.75) is 52.0 Å². The van der Waals surface area contributed by atoms with E-state index in [-0.39, 0.29) is 5.41 Å². The summed E-state index contributed by atoms with van der Waals surface area (Å²) in [6.07, 6.45) is 9.40. The zero-order valence-corrected chi connectivity index (χ0v) is 22.3. The molecule has 0 saturated heterocycles. The van der Waals surface area contributed by atoms with Crippen molar-refractivity contribution in [1.82, 2.24) is 0 Å². The Morgan fingerprint density at radius 1 is 1.03 bits per heavy atom. The molecule has 2 heterocycles. The molecule has 35 heavy (non-hydrogen) atoms. The van der Waals surface area contributed by atoms with Crippen molar-refractivity contribution in [3.05, 3.63) is 88.6 Å². The summed E-state index contributed by atoms with van der Waals surface area (Å²) in [7, 11) is 1.72. The molecule has 0 spiro atoms. The molecule has 0 unspecified atom stereocenters. The van der Waals surface area contributed by atoms with Gasteiger partial charge in [-0.15, -0.1) is 0 Å². The van der Waals surface area contributed by atoms with E-state index in [9.17, 15) is 0 Å². The molecule has 1 aliphatic heterocycles. The predicted octanol–water partition coefficient (Wildman–Crippen LogP) is 7.76. The van der Waals surface area contributed by atoms with Gasteiger partial charge in [-0.3, -0.25) is 0 Å². The maximum absolute atomic E-state index is 5.43. The van der Waals surface area contributed by atoms with Gasteiger partial charge in [-0.05, 0) is 79.7 Å². The van der Waals surface area contributed by atoms with Crippen LogP contribution in [0.15, 0.2) is 87.8 Å². The molecule has 0 atom stereocenters. The molecule has 5 rings (SSSR count). The predicted molar refractivity (Wildman–Crippen MR) is 149 cm³/mol. The normalized spacial score (nSPS) is 19.3. The number of methoxy groups -OCH3 is 1. The average Bonchev–Trinajstić information content (AvgIpc) is 3.19. The van der Waals surface area contributed by atoms with Gasteiger partial charge in [0.2, 0.25) is 11.2 Å². The van der Waals surface area contributed by atoms with Crippen LogP contribution in [0.4, 0.5) is 5.69 Å². The van der Waals surface area contributed by atoms with Gasteiger partial charge in [0, 0.05) is 29.6 Å². The lowest BCUT2D eigenvalue weighted by Gasteiger charge is -2.31. The zero-order chi connectivity index (χ0) is 24.6. The molecule has 0 radical (unpaired) electrons. The van der Waals surface area contributed by atoms with Crippen molar-refractivity contribution in [2.75, 3.05) is 18.6 Å². The van der Waals surface area contributed by atoms with E-state index >= 15 is 0 Å². The Hall–Kier alpha value is -2.98. The molecule has 3 aromatic rings. The van der Waals surface area contributed by atoms with E-state index in [0.29, 0.717) is 0 Å². The topological polar surface area (TPSA) is 16.4 Å². The summed E-state index contributed by atoms with van der Waals surface area (Å²) < 4.78 is 7.83. The standard InChI is InChI=1S/C31H35N2OS/c1-6-32-25(13-12-24-19-26(34-5)14-15-27(24)32)17-22-16-23(21-31(3,4)20-22)18-30-33(7-2)28-10-8-9-11-29(28)35-30/h8-19H,6-7,20-21H2,1-5H3/q+1. The number of rotatable bonds is 5. The van der Waals surface area contributed by atoms with Gasteiger partial charge in [-0.1, -0.05) is 43.8 Å². The minimum Gasteiger partial charge on any atom is -0.497 e. The van der Waals surface area contributed by atoms with Gasteiger partial charge in [0.15, 0.2) is 0 Å². The van der Waals surface area contributed by atoms with Crippen molar-refractivity contribution in [3.63, 3.8) is 0 Å². The number of hydrogen-bond acceptors (Lipinski definition) is 3. The van der Waals surface area contributed by atoms with Crippen LogP contribution in [0.1, 0.15) is 46.2 Å². The van der Waals surface area contributed by atoms with E-state index in [0.717, 1.165) is 31.7 Å². The van der Waals surface area contributed by atoms with Gasteiger partial charge in [-0.2, -0.15) is 4.57 Å². The Morgan fingerprint density at radius 3 is 2.63 bits per heavy atom. The van der Waals surface area contributed by atoms with Gasteiger partial charge in [-0.25, -0.2) is 0 Å². The molecule has 0 N–H and O–H groups in total. The molecule has 1 aliphatic carbocycles. The molecule has 2 aromatic carbocycles. The fourth-order valence-corrected chi connectivity index (χ4v) is 6.65. The van der Waals surface area contributed by atoms with Crippen LogP contribution >= 0.6 is 11.8 Å². The lowest BCUT2D eigenvalue weighted by molar-refractivity contribution is -0.669. The third-order valence-corrected chi connectivity index (χ3v) is 8.03. The molecular weight excluding hydrogens is 448 g/mol. The first kappa shape index (κ1) is 23.7. The van der Waals surface area contributed by atoms with E-state index in [1.807, 2.05) is 11.8 Å². The second-order valence-electron chi connectivity index (χ2n) is 10.2. The van der Waals surface area contributed by atoms with Crippen molar-refractivity contribution in [2.24, 2.45) is 5.41 Å². The Bertz CT molecular complexity index is 1370. The lowest BCUT2D eigenvalue weighted by atomic mass is 9.75. The Kier molecular flexibility index (Phi) is 6.50. The minimum atomic E-state index is 0.224. The molecule has 1 aromatic heterocycles. The third-order valence-electron chi connectivity index (χ3n) is 6.92. The van der Waals surface area contributed by atoms with Crippen molar-refractivity contribution < 1.29 is 9.30 Å². The number of allylic oxidation sites excluding steroid dienone is 4. The van der Waals surface area contributed by atoms with E-state index in [1.165, 1.54) is 43.4 Å². The van der Waals surface area contributed by atoms with E-state index in [4.69, 9.17) is 4.74 Å². The number of hydrogen-bond donors (Lipinski definition) is 0. The quantitative estimate of drug-likeness (QED) is 0.345. The first-order chi connectivity index (χ1) is 16.9. The Labute approximate surface area is 213 Å². The van der Waals surface area contributed by atoms with Crippen LogP contribution in [0.25, 0.3) is 17.0 Å². The van der Waals surface area contributed by atoms with Crippen LogP contribution in [-0.2, 0) is 6.54 Å². The van der Waals surface area contributed by atoms with Crippen LogP contribution in [0.2, 0.25) is 0 Å². The summed E-state index contributed by atoms with van der Waals surface area (Å²) in [6.45, 7) is 11.1. The molecule has 3 nitrogen and oxygen atoms in total. The van der Waals surface area contributed by atoms with Gasteiger partial charge < -0.3 is 9.64 Å². The first-order valence-corrected chi connectivity index (χ1v) is 13.4. The number of pyridine rings is 1. The van der Waals surface area contributed by atoms with Crippen LogP contribution in [0, 0.1) is 5.41 Å². The average molecular weight is 484 g/mol. The summed E-state index contributed by atoms with van der Waals surface area (Å²) in [5, 5.41) is 2.54. The number of aryl methyl sites for hydroxylation is 1. The van der Waals surface area contributed by atoms with Crippen LogP contribution in [0.3, 0.4) is 0 Å². The molecule has 0 amide bonds. The minimum absolute atomic E-state index is 0.224. The molecular formula is C31H35N2OS+. The lowest BCUT2D eigenvalue weighted by Crippen LogP contribution is -2.36. The molecule has 2 aliphatic rings. The largest absolute Gasteiger partial charge is 0.497 e. The monoisotopic (exact) mass is 483 g/mol. The summed E-state index contributed by atoms with van der Waals surface area (Å²) in [5.74, 6) is 0.897. The second-order valence-corrected chi connectivity index (χ2v) is 11.2. The highest BCUT2D eigenvalue weighted by Gasteiger charge is 2.28.